The summed E-state index contributed by atoms with van der Waals surface area (Å²) in [5, 5.41) is 0. The van der Waals surface area contributed by atoms with Crippen molar-refractivity contribution < 1.29 is 8.42 Å². The third-order valence-electron chi connectivity index (χ3n) is 2.93. The van der Waals surface area contributed by atoms with Crippen LogP contribution in [0, 0.1) is 6.92 Å². The lowest BCUT2D eigenvalue weighted by Crippen LogP contribution is -2.18. The van der Waals surface area contributed by atoms with Crippen LogP contribution in [0.1, 0.15) is 11.1 Å². The van der Waals surface area contributed by atoms with Crippen molar-refractivity contribution in [2.45, 2.75) is 13.3 Å². The van der Waals surface area contributed by atoms with Crippen LogP contribution < -0.4 is 4.72 Å². The van der Waals surface area contributed by atoms with Gasteiger partial charge in [-0.1, -0.05) is 46.3 Å². The Kier molecular flexibility index (Phi) is 4.83. The maximum Gasteiger partial charge on any atom is 0.233 e. The minimum Gasteiger partial charge on any atom is -0.284 e. The maximum absolute atomic E-state index is 12.0. The Morgan fingerprint density at radius 1 is 1.10 bits per heavy atom. The van der Waals surface area contributed by atoms with Crippen LogP contribution in [-0.4, -0.2) is 14.2 Å². The van der Waals surface area contributed by atoms with Crippen LogP contribution in [-0.2, 0) is 16.4 Å². The number of anilines is 1. The maximum atomic E-state index is 12.0. The number of halogens is 1. The highest BCUT2D eigenvalue weighted by molar-refractivity contribution is 9.10. The first-order chi connectivity index (χ1) is 9.46. The fourth-order valence-electron chi connectivity index (χ4n) is 1.84. The Hall–Kier alpha value is -1.33. The first-order valence-corrected chi connectivity index (χ1v) is 8.71. The topological polar surface area (TPSA) is 46.2 Å². The summed E-state index contributed by atoms with van der Waals surface area (Å²) < 4.78 is 27.7. The molecule has 0 bridgehead atoms. The fraction of sp³-hybridized carbons (Fsp3) is 0.200. The van der Waals surface area contributed by atoms with E-state index in [4.69, 9.17) is 0 Å². The minimum atomic E-state index is -3.33. The Morgan fingerprint density at radius 2 is 1.80 bits per heavy atom. The standard InChI is InChI=1S/C15H16BrNO2S/c1-12-11-14(7-8-15(12)16)17-20(18,19)10-9-13-5-3-2-4-6-13/h2-8,11,17H,9-10H2,1H3. The number of nitrogens with one attached hydrogen (secondary N) is 1. The second-order valence-electron chi connectivity index (χ2n) is 4.62. The van der Waals surface area contributed by atoms with E-state index >= 15 is 0 Å². The predicted molar refractivity (Wildman–Crippen MR) is 86.4 cm³/mol. The zero-order chi connectivity index (χ0) is 14.6. The normalized spacial score (nSPS) is 11.3. The zero-order valence-corrected chi connectivity index (χ0v) is 13.5. The number of hydrogen-bond acceptors (Lipinski definition) is 2. The summed E-state index contributed by atoms with van der Waals surface area (Å²) in [4.78, 5) is 0. The van der Waals surface area contributed by atoms with E-state index in [2.05, 4.69) is 20.7 Å². The highest BCUT2D eigenvalue weighted by Gasteiger charge is 2.11. The van der Waals surface area contributed by atoms with Gasteiger partial charge in [-0.2, -0.15) is 0 Å². The lowest BCUT2D eigenvalue weighted by Gasteiger charge is -2.09. The summed E-state index contributed by atoms with van der Waals surface area (Å²) >= 11 is 3.39. The molecule has 0 aromatic heterocycles. The largest absolute Gasteiger partial charge is 0.284 e. The first-order valence-electron chi connectivity index (χ1n) is 6.27. The number of hydrogen-bond donors (Lipinski definition) is 1. The van der Waals surface area contributed by atoms with Crippen LogP contribution >= 0.6 is 15.9 Å². The smallest absolute Gasteiger partial charge is 0.233 e. The zero-order valence-electron chi connectivity index (χ0n) is 11.1. The Labute approximate surface area is 128 Å². The molecule has 2 rings (SSSR count). The Bertz CT molecular complexity index is 684. The monoisotopic (exact) mass is 353 g/mol. The van der Waals surface area contributed by atoms with Gasteiger partial charge in [-0.3, -0.25) is 4.72 Å². The molecule has 2 aromatic rings. The third-order valence-corrected chi connectivity index (χ3v) is 5.11. The molecule has 0 saturated carbocycles. The van der Waals surface area contributed by atoms with Gasteiger partial charge in [0.2, 0.25) is 10.0 Å². The van der Waals surface area contributed by atoms with Gasteiger partial charge in [-0.25, -0.2) is 8.42 Å². The Balaban J connectivity index is 2.02. The van der Waals surface area contributed by atoms with Gasteiger partial charge in [0.25, 0.3) is 0 Å². The SMILES string of the molecule is Cc1cc(NS(=O)(=O)CCc2ccccc2)ccc1Br. The van der Waals surface area contributed by atoms with Crippen LogP contribution in [0.4, 0.5) is 5.69 Å². The average molecular weight is 354 g/mol. The molecule has 1 N–H and O–H groups in total. The second kappa shape index (κ2) is 6.41. The number of aryl methyl sites for hydroxylation is 2. The number of benzene rings is 2. The van der Waals surface area contributed by atoms with Gasteiger partial charge in [-0.05, 0) is 42.7 Å². The van der Waals surface area contributed by atoms with Gasteiger partial charge in [-0.15, -0.1) is 0 Å². The fourth-order valence-corrected chi connectivity index (χ4v) is 3.17. The first kappa shape index (κ1) is 15.1. The molecule has 2 aromatic carbocycles. The van der Waals surface area contributed by atoms with E-state index in [1.54, 1.807) is 6.07 Å². The number of sulfonamides is 1. The van der Waals surface area contributed by atoms with E-state index in [1.807, 2.05) is 49.4 Å². The molecule has 0 amide bonds. The molecule has 3 nitrogen and oxygen atoms in total. The van der Waals surface area contributed by atoms with Crippen LogP contribution in [0.15, 0.2) is 53.0 Å². The van der Waals surface area contributed by atoms with E-state index in [0.29, 0.717) is 12.1 Å². The van der Waals surface area contributed by atoms with Crippen molar-refractivity contribution in [3.05, 3.63) is 64.1 Å². The molecule has 0 unspecified atom stereocenters. The second-order valence-corrected chi connectivity index (χ2v) is 7.32. The molecular weight excluding hydrogens is 338 g/mol. The summed E-state index contributed by atoms with van der Waals surface area (Å²) in [5.41, 5.74) is 2.61. The molecule has 0 aliphatic rings. The summed E-state index contributed by atoms with van der Waals surface area (Å²) in [7, 11) is -3.33. The van der Waals surface area contributed by atoms with E-state index in [-0.39, 0.29) is 5.75 Å². The van der Waals surface area contributed by atoms with Gasteiger partial charge in [0, 0.05) is 10.2 Å². The molecule has 0 heterocycles. The van der Waals surface area contributed by atoms with Crippen LogP contribution in [0.5, 0.6) is 0 Å². The van der Waals surface area contributed by atoms with Crippen molar-refractivity contribution >= 4 is 31.6 Å². The quantitative estimate of drug-likeness (QED) is 0.889. The highest BCUT2D eigenvalue weighted by Crippen LogP contribution is 2.20. The van der Waals surface area contributed by atoms with Crippen molar-refractivity contribution in [3.8, 4) is 0 Å². The van der Waals surface area contributed by atoms with E-state index in [1.165, 1.54) is 0 Å². The third kappa shape index (κ3) is 4.35. The molecule has 0 aliphatic heterocycles. The minimum absolute atomic E-state index is 0.0755. The average Bonchev–Trinajstić information content (AvgIpc) is 2.42. The lowest BCUT2D eigenvalue weighted by molar-refractivity contribution is 0.600. The predicted octanol–water partition coefficient (Wildman–Crippen LogP) is 3.74. The van der Waals surface area contributed by atoms with Crippen LogP contribution in [0.3, 0.4) is 0 Å². The molecule has 0 spiro atoms. The molecule has 0 radical (unpaired) electrons. The summed E-state index contributed by atoms with van der Waals surface area (Å²) in [6, 6.07) is 15.0. The number of rotatable bonds is 5. The van der Waals surface area contributed by atoms with Gasteiger partial charge in [0.05, 0.1) is 5.75 Å². The molecule has 0 fully saturated rings. The van der Waals surface area contributed by atoms with Crippen molar-refractivity contribution in [1.82, 2.24) is 0 Å². The van der Waals surface area contributed by atoms with Gasteiger partial charge in [0.1, 0.15) is 0 Å². The summed E-state index contributed by atoms with van der Waals surface area (Å²) in [6.07, 6.45) is 0.506. The molecule has 20 heavy (non-hydrogen) atoms. The Morgan fingerprint density at radius 3 is 2.45 bits per heavy atom. The van der Waals surface area contributed by atoms with Crippen molar-refractivity contribution in [3.63, 3.8) is 0 Å². The van der Waals surface area contributed by atoms with Crippen molar-refractivity contribution in [1.29, 1.82) is 0 Å². The van der Waals surface area contributed by atoms with Crippen molar-refractivity contribution in [2.24, 2.45) is 0 Å². The van der Waals surface area contributed by atoms with Gasteiger partial charge in [0.15, 0.2) is 0 Å². The van der Waals surface area contributed by atoms with Crippen LogP contribution in [0.25, 0.3) is 0 Å². The lowest BCUT2D eigenvalue weighted by atomic mass is 10.2. The van der Waals surface area contributed by atoms with E-state index in [0.717, 1.165) is 15.6 Å². The van der Waals surface area contributed by atoms with E-state index in [9.17, 15) is 8.42 Å². The van der Waals surface area contributed by atoms with Gasteiger partial charge < -0.3 is 0 Å². The summed E-state index contributed by atoms with van der Waals surface area (Å²) in [5.74, 6) is 0.0755. The molecular formula is C15H16BrNO2S. The molecule has 0 atom stereocenters. The van der Waals surface area contributed by atoms with Crippen molar-refractivity contribution in [2.75, 3.05) is 10.5 Å². The molecule has 0 saturated heterocycles. The molecule has 5 heteroatoms. The highest BCUT2D eigenvalue weighted by atomic mass is 79.9. The van der Waals surface area contributed by atoms with Gasteiger partial charge >= 0.3 is 0 Å². The summed E-state index contributed by atoms with van der Waals surface area (Å²) in [6.45, 7) is 1.92. The van der Waals surface area contributed by atoms with E-state index < -0.39 is 10.0 Å². The molecule has 0 aliphatic carbocycles. The molecule has 106 valence electrons. The van der Waals surface area contributed by atoms with Crippen LogP contribution in [0.2, 0.25) is 0 Å².